The summed E-state index contributed by atoms with van der Waals surface area (Å²) in [5.41, 5.74) is 1.41. The highest BCUT2D eigenvalue weighted by Gasteiger charge is 2.28. The second-order valence-corrected chi connectivity index (χ2v) is 7.62. The summed E-state index contributed by atoms with van der Waals surface area (Å²) in [5, 5.41) is 8.99. The molecule has 3 rings (SSSR count). The van der Waals surface area contributed by atoms with Gasteiger partial charge in [0.1, 0.15) is 12.0 Å². The molecule has 1 fully saturated rings. The number of aromatic nitrogens is 1. The zero-order valence-corrected chi connectivity index (χ0v) is 13.7. The molecular formula is C16H18N2O5S. The molecule has 0 unspecified atom stereocenters. The Balaban J connectivity index is 1.66. The number of hydrogen-bond donors (Lipinski definition) is 2. The molecule has 2 N–H and O–H groups in total. The lowest BCUT2D eigenvalue weighted by Crippen LogP contribution is -2.38. The number of carboxylic acid groups (broad SMARTS) is 1. The third-order valence-electron chi connectivity index (χ3n) is 4.29. The molecule has 7 nitrogen and oxygen atoms in total. The average Bonchev–Trinajstić information content (AvgIpc) is 3.09. The Bertz CT molecular complexity index is 792. The first-order valence-electron chi connectivity index (χ1n) is 7.69. The molecule has 24 heavy (non-hydrogen) atoms. The Labute approximate surface area is 139 Å². The van der Waals surface area contributed by atoms with E-state index in [1.807, 2.05) is 0 Å². The van der Waals surface area contributed by atoms with Crippen molar-refractivity contribution in [2.75, 3.05) is 0 Å². The van der Waals surface area contributed by atoms with Gasteiger partial charge in [0.25, 0.3) is 0 Å². The first kappa shape index (κ1) is 16.7. The number of oxazole rings is 1. The summed E-state index contributed by atoms with van der Waals surface area (Å²) in [5.74, 6) is -1.17. The molecule has 0 radical (unpaired) electrons. The van der Waals surface area contributed by atoms with E-state index in [2.05, 4.69) is 9.71 Å². The third-order valence-corrected chi connectivity index (χ3v) is 5.83. The lowest BCUT2D eigenvalue weighted by molar-refractivity contribution is -0.142. The van der Waals surface area contributed by atoms with Crippen molar-refractivity contribution in [2.24, 2.45) is 5.92 Å². The van der Waals surface area contributed by atoms with Crippen LogP contribution in [0, 0.1) is 5.92 Å². The van der Waals surface area contributed by atoms with Crippen LogP contribution in [0.5, 0.6) is 0 Å². The fraction of sp³-hybridized carbons (Fsp3) is 0.375. The minimum atomic E-state index is -3.62. The van der Waals surface area contributed by atoms with Crippen molar-refractivity contribution in [3.8, 4) is 11.3 Å². The van der Waals surface area contributed by atoms with Crippen LogP contribution in [0.25, 0.3) is 11.3 Å². The monoisotopic (exact) mass is 350 g/mol. The quantitative estimate of drug-likeness (QED) is 0.856. The van der Waals surface area contributed by atoms with Crippen molar-refractivity contribution in [1.29, 1.82) is 0 Å². The molecule has 0 bridgehead atoms. The first-order valence-corrected chi connectivity index (χ1v) is 9.18. The van der Waals surface area contributed by atoms with Crippen molar-refractivity contribution in [3.63, 3.8) is 0 Å². The van der Waals surface area contributed by atoms with Crippen LogP contribution in [0.4, 0.5) is 0 Å². The lowest BCUT2D eigenvalue weighted by atomic mass is 9.87. The topological polar surface area (TPSA) is 110 Å². The molecule has 0 atom stereocenters. The van der Waals surface area contributed by atoms with Gasteiger partial charge < -0.3 is 9.52 Å². The van der Waals surface area contributed by atoms with E-state index in [4.69, 9.17) is 9.52 Å². The van der Waals surface area contributed by atoms with E-state index in [1.54, 1.807) is 12.1 Å². The number of hydrogen-bond acceptors (Lipinski definition) is 5. The molecule has 0 saturated heterocycles. The largest absolute Gasteiger partial charge is 0.481 e. The Morgan fingerprint density at radius 2 is 1.83 bits per heavy atom. The number of nitrogens with zero attached hydrogens (tertiary/aromatic N) is 1. The van der Waals surface area contributed by atoms with Gasteiger partial charge >= 0.3 is 5.97 Å². The predicted octanol–water partition coefficient (Wildman–Crippen LogP) is 2.26. The van der Waals surface area contributed by atoms with Gasteiger partial charge in [0.15, 0.2) is 6.39 Å². The molecule has 0 amide bonds. The number of carboxylic acids is 1. The number of rotatable bonds is 5. The van der Waals surface area contributed by atoms with Crippen LogP contribution >= 0.6 is 0 Å². The van der Waals surface area contributed by atoms with Crippen molar-refractivity contribution >= 4 is 16.0 Å². The molecule has 1 aromatic carbocycles. The summed E-state index contributed by atoms with van der Waals surface area (Å²) < 4.78 is 32.5. The first-order chi connectivity index (χ1) is 11.5. The van der Waals surface area contributed by atoms with Crippen LogP contribution < -0.4 is 4.72 Å². The number of carbonyl (C=O) groups is 1. The SMILES string of the molecule is O=C(O)C1CCC(NS(=O)(=O)c2ccc(-c3cocn3)cc2)CC1. The van der Waals surface area contributed by atoms with Gasteiger partial charge in [-0.3, -0.25) is 4.79 Å². The van der Waals surface area contributed by atoms with Crippen LogP contribution in [-0.4, -0.2) is 30.5 Å². The van der Waals surface area contributed by atoms with Gasteiger partial charge in [0.2, 0.25) is 10.0 Å². The van der Waals surface area contributed by atoms with E-state index < -0.39 is 16.0 Å². The zero-order valence-electron chi connectivity index (χ0n) is 12.9. The van der Waals surface area contributed by atoms with Gasteiger partial charge in [-0.15, -0.1) is 0 Å². The lowest BCUT2D eigenvalue weighted by Gasteiger charge is -2.26. The van der Waals surface area contributed by atoms with Crippen LogP contribution in [0.3, 0.4) is 0 Å². The van der Waals surface area contributed by atoms with Gasteiger partial charge in [-0.1, -0.05) is 12.1 Å². The summed E-state index contributed by atoms with van der Waals surface area (Å²) in [6, 6.07) is 6.17. The van der Waals surface area contributed by atoms with Gasteiger partial charge in [0.05, 0.1) is 10.8 Å². The summed E-state index contributed by atoms with van der Waals surface area (Å²) in [4.78, 5) is 15.1. The highest BCUT2D eigenvalue weighted by atomic mass is 32.2. The molecule has 1 aliphatic carbocycles. The fourth-order valence-electron chi connectivity index (χ4n) is 2.91. The van der Waals surface area contributed by atoms with Crippen molar-refractivity contribution < 1.29 is 22.7 Å². The zero-order chi connectivity index (χ0) is 17.2. The average molecular weight is 350 g/mol. The van der Waals surface area contributed by atoms with Gasteiger partial charge in [-0.05, 0) is 37.8 Å². The van der Waals surface area contributed by atoms with Crippen LogP contribution in [0.1, 0.15) is 25.7 Å². The minimum absolute atomic E-state index is 0.176. The van der Waals surface area contributed by atoms with E-state index in [0.29, 0.717) is 31.4 Å². The van der Waals surface area contributed by atoms with Gasteiger partial charge in [-0.2, -0.15) is 0 Å². The Hall–Kier alpha value is -2.19. The number of sulfonamides is 1. The molecule has 1 aliphatic rings. The Morgan fingerprint density at radius 3 is 2.38 bits per heavy atom. The van der Waals surface area contributed by atoms with Crippen molar-refractivity contribution in [1.82, 2.24) is 9.71 Å². The maximum Gasteiger partial charge on any atom is 0.306 e. The summed E-state index contributed by atoms with van der Waals surface area (Å²) >= 11 is 0. The van der Waals surface area contributed by atoms with Crippen LogP contribution in [0.2, 0.25) is 0 Å². The summed E-state index contributed by atoms with van der Waals surface area (Å²) in [7, 11) is -3.62. The standard InChI is InChI=1S/C16H18N2O5S/c19-16(20)12-1-5-13(6-2-12)18-24(21,22)14-7-3-11(4-8-14)15-9-23-10-17-15/h3-4,7-10,12-13,18H,1-2,5-6H2,(H,19,20). The molecule has 2 aromatic rings. The van der Waals surface area contributed by atoms with E-state index in [9.17, 15) is 13.2 Å². The Kier molecular flexibility index (Phi) is 4.68. The number of aliphatic carboxylic acids is 1. The summed E-state index contributed by atoms with van der Waals surface area (Å²) in [6.45, 7) is 0. The van der Waals surface area contributed by atoms with Crippen LogP contribution in [0.15, 0.2) is 46.2 Å². The summed E-state index contributed by atoms with van der Waals surface area (Å²) in [6.07, 6.45) is 4.86. The molecule has 1 aromatic heterocycles. The van der Waals surface area contributed by atoms with Crippen molar-refractivity contribution in [3.05, 3.63) is 36.9 Å². The molecular weight excluding hydrogens is 332 g/mol. The smallest absolute Gasteiger partial charge is 0.306 e. The van der Waals surface area contributed by atoms with E-state index in [1.165, 1.54) is 24.8 Å². The number of benzene rings is 1. The Morgan fingerprint density at radius 1 is 1.17 bits per heavy atom. The van der Waals surface area contributed by atoms with Gasteiger partial charge in [-0.25, -0.2) is 18.1 Å². The molecule has 8 heteroatoms. The highest BCUT2D eigenvalue weighted by Crippen LogP contribution is 2.26. The van der Waals surface area contributed by atoms with E-state index >= 15 is 0 Å². The number of nitrogens with one attached hydrogen (secondary N) is 1. The molecule has 0 aliphatic heterocycles. The maximum atomic E-state index is 12.5. The minimum Gasteiger partial charge on any atom is -0.481 e. The molecule has 1 saturated carbocycles. The third kappa shape index (κ3) is 3.65. The van der Waals surface area contributed by atoms with Gasteiger partial charge in [0, 0.05) is 11.6 Å². The predicted molar refractivity (Wildman–Crippen MR) is 85.6 cm³/mol. The molecule has 0 spiro atoms. The normalized spacial score (nSPS) is 21.5. The maximum absolute atomic E-state index is 12.5. The van der Waals surface area contributed by atoms with Crippen molar-refractivity contribution in [2.45, 2.75) is 36.6 Å². The second-order valence-electron chi connectivity index (χ2n) is 5.91. The molecule has 1 heterocycles. The second kappa shape index (κ2) is 6.74. The van der Waals surface area contributed by atoms with E-state index in [-0.39, 0.29) is 16.9 Å². The highest BCUT2D eigenvalue weighted by molar-refractivity contribution is 7.89. The van der Waals surface area contributed by atoms with Crippen LogP contribution in [-0.2, 0) is 14.8 Å². The van der Waals surface area contributed by atoms with E-state index in [0.717, 1.165) is 5.56 Å². The fourth-order valence-corrected chi connectivity index (χ4v) is 4.21. The molecule has 128 valence electrons.